The fourth-order valence-electron chi connectivity index (χ4n) is 4.42. The van der Waals surface area contributed by atoms with E-state index in [2.05, 4.69) is 130 Å². The summed E-state index contributed by atoms with van der Waals surface area (Å²) in [6, 6.07) is 35.3. The maximum Gasteiger partial charge on any atom is 1.00 e. The summed E-state index contributed by atoms with van der Waals surface area (Å²) >= 11 is 0. The second-order valence-corrected chi connectivity index (χ2v) is 14.5. The third kappa shape index (κ3) is 6.58. The average Bonchev–Trinajstić information content (AvgIpc) is 3.24. The number of nitrogens with zero attached hydrogens (tertiary/aromatic N) is 2. The van der Waals surface area contributed by atoms with Crippen molar-refractivity contribution < 1.29 is 19.8 Å². The Hall–Kier alpha value is -2.15. The van der Waals surface area contributed by atoms with E-state index in [1.807, 2.05) is 12.1 Å². The summed E-state index contributed by atoms with van der Waals surface area (Å²) < 4.78 is 2.21. The van der Waals surface area contributed by atoms with Crippen LogP contribution in [-0.2, 0) is 19.8 Å². The van der Waals surface area contributed by atoms with Crippen molar-refractivity contribution in [3.05, 3.63) is 108 Å². The van der Waals surface area contributed by atoms with Crippen LogP contribution >= 0.6 is 15.8 Å². The predicted octanol–water partition coefficient (Wildman–Crippen LogP) is 6.99. The Kier molecular flexibility index (Phi) is 10.2. The molecule has 0 bridgehead atoms. The molecule has 0 aliphatic heterocycles. The van der Waals surface area contributed by atoms with Gasteiger partial charge in [0.25, 0.3) is 0 Å². The van der Waals surface area contributed by atoms with Crippen molar-refractivity contribution in [3.8, 4) is 17.1 Å². The minimum atomic E-state index is -0.261. The van der Waals surface area contributed by atoms with Gasteiger partial charge >= 0.3 is 19.8 Å². The van der Waals surface area contributed by atoms with Crippen LogP contribution in [0.2, 0.25) is 0 Å². The Morgan fingerprint density at radius 3 is 1.83 bits per heavy atom. The monoisotopic (exact) mass is 689 g/mol. The standard InChI is InChI=1S/C21H17N2.C10H16P2.Os/c1-15-12-16(2)14-17(13-15)21-22-19-10-6-7-11-20(19)23(21)18-8-4-3-5-9-18;1-11(2)9-7-5-6-8-10(9)12(3)4;/h3-13H,1-2H3;5-8H,1-4H3;/q-1;;+1/p+2. The van der Waals surface area contributed by atoms with Crippen molar-refractivity contribution in [2.24, 2.45) is 0 Å². The summed E-state index contributed by atoms with van der Waals surface area (Å²) in [5.41, 5.74) is 6.61. The number of fused-ring (bicyclic) bond motifs is 1. The van der Waals surface area contributed by atoms with Gasteiger partial charge in [0, 0.05) is 21.5 Å². The van der Waals surface area contributed by atoms with E-state index < -0.39 is 0 Å². The van der Waals surface area contributed by atoms with Crippen LogP contribution in [0.5, 0.6) is 0 Å². The largest absolute Gasteiger partial charge is 1.00 e. The Balaban J connectivity index is 0.000000237. The normalized spacial score (nSPS) is 10.8. The molecule has 5 rings (SSSR count). The molecule has 0 unspecified atom stereocenters. The average molecular weight is 688 g/mol. The zero-order chi connectivity index (χ0) is 24.9. The molecule has 0 N–H and O–H groups in total. The number of para-hydroxylation sites is 3. The van der Waals surface area contributed by atoms with Crippen molar-refractivity contribution in [2.45, 2.75) is 13.8 Å². The summed E-state index contributed by atoms with van der Waals surface area (Å²) in [7, 11) is -0.522. The summed E-state index contributed by atoms with van der Waals surface area (Å²) in [6.45, 7) is 13.7. The van der Waals surface area contributed by atoms with Gasteiger partial charge in [-0.3, -0.25) is 4.98 Å². The maximum atomic E-state index is 4.87. The first-order valence-electron chi connectivity index (χ1n) is 12.1. The quantitative estimate of drug-likeness (QED) is 0.147. The topological polar surface area (TPSA) is 17.8 Å². The number of aromatic nitrogens is 2. The van der Waals surface area contributed by atoms with Gasteiger partial charge in [-0.2, -0.15) is 0 Å². The number of hydrogen-bond acceptors (Lipinski definition) is 1. The molecule has 4 aromatic carbocycles. The summed E-state index contributed by atoms with van der Waals surface area (Å²) in [6.07, 6.45) is 0. The molecule has 0 atom stereocenters. The van der Waals surface area contributed by atoms with Gasteiger partial charge in [0.15, 0.2) is 0 Å². The smallest absolute Gasteiger partial charge is 0.333 e. The fraction of sp³-hybridized carbons (Fsp3) is 0.194. The Morgan fingerprint density at radius 1 is 0.694 bits per heavy atom. The molecule has 1 aromatic heterocycles. The van der Waals surface area contributed by atoms with Crippen LogP contribution in [0.25, 0.3) is 28.1 Å². The third-order valence-electron chi connectivity index (χ3n) is 5.97. The van der Waals surface area contributed by atoms with Crippen LogP contribution in [0.1, 0.15) is 11.1 Å². The predicted molar refractivity (Wildman–Crippen MR) is 161 cm³/mol. The zero-order valence-corrected chi connectivity index (χ0v) is 26.4. The van der Waals surface area contributed by atoms with Crippen LogP contribution in [0.4, 0.5) is 0 Å². The number of aryl methyl sites for hydroxylation is 2. The zero-order valence-electron chi connectivity index (χ0n) is 21.9. The molecule has 5 aromatic rings. The van der Waals surface area contributed by atoms with Crippen molar-refractivity contribution >= 4 is 37.5 Å². The van der Waals surface area contributed by atoms with E-state index in [1.54, 1.807) is 10.6 Å². The van der Waals surface area contributed by atoms with Gasteiger partial charge in [0.1, 0.15) is 10.6 Å². The van der Waals surface area contributed by atoms with E-state index in [0.29, 0.717) is 0 Å². The first kappa shape index (κ1) is 28.4. The second kappa shape index (κ2) is 12.9. The number of imidazole rings is 1. The van der Waals surface area contributed by atoms with E-state index in [0.717, 1.165) is 33.7 Å². The molecule has 5 heteroatoms. The first-order valence-corrected chi connectivity index (χ1v) is 17.1. The molecular weight excluding hydrogens is 653 g/mol. The summed E-state index contributed by atoms with van der Waals surface area (Å²) in [4.78, 5) is 4.87. The van der Waals surface area contributed by atoms with Gasteiger partial charge in [-0.1, -0.05) is 56.3 Å². The molecule has 185 valence electrons. The van der Waals surface area contributed by atoms with Crippen LogP contribution in [0, 0.1) is 19.9 Å². The Bertz CT molecular complexity index is 1380. The summed E-state index contributed by atoms with van der Waals surface area (Å²) in [5.74, 6) is 0.934. The van der Waals surface area contributed by atoms with Crippen molar-refractivity contribution in [1.29, 1.82) is 0 Å². The SMILES string of the molecule is C[PH+](C)c1ccccc1[PH+](C)C.Cc1[c-]c(-c2nc3ccccc3n2-c2ccccc2)cc(C)c1.[Os+]. The van der Waals surface area contributed by atoms with E-state index >= 15 is 0 Å². The van der Waals surface area contributed by atoms with Gasteiger partial charge in [-0.05, 0) is 36.4 Å². The maximum absolute atomic E-state index is 4.87. The molecular formula is C31H35N2OsP2+2. The second-order valence-electron chi connectivity index (χ2n) is 9.40. The number of hydrogen-bond donors (Lipinski definition) is 0. The van der Waals surface area contributed by atoms with Gasteiger partial charge in [-0.25, -0.2) is 0 Å². The van der Waals surface area contributed by atoms with Crippen LogP contribution in [0.15, 0.2) is 91.0 Å². The molecule has 36 heavy (non-hydrogen) atoms. The molecule has 0 aliphatic rings. The van der Waals surface area contributed by atoms with Crippen LogP contribution in [-0.4, -0.2) is 36.2 Å². The molecule has 1 heterocycles. The molecule has 0 spiro atoms. The van der Waals surface area contributed by atoms with Crippen LogP contribution in [0.3, 0.4) is 0 Å². The van der Waals surface area contributed by atoms with Gasteiger partial charge in [0.05, 0.1) is 43.5 Å². The minimum absolute atomic E-state index is 0. The van der Waals surface area contributed by atoms with E-state index in [4.69, 9.17) is 4.98 Å². The van der Waals surface area contributed by atoms with Gasteiger partial charge in [0.2, 0.25) is 0 Å². The molecule has 0 aliphatic carbocycles. The van der Waals surface area contributed by atoms with E-state index in [-0.39, 0.29) is 35.6 Å². The molecule has 0 amide bonds. The third-order valence-corrected chi connectivity index (χ3v) is 9.25. The fourth-order valence-corrected chi connectivity index (χ4v) is 8.02. The Morgan fingerprint density at radius 2 is 1.25 bits per heavy atom. The molecule has 0 saturated heterocycles. The van der Waals surface area contributed by atoms with Gasteiger partial charge in [-0.15, -0.1) is 34.9 Å². The minimum Gasteiger partial charge on any atom is -0.333 e. The number of benzene rings is 4. The van der Waals surface area contributed by atoms with Crippen molar-refractivity contribution in [3.63, 3.8) is 0 Å². The van der Waals surface area contributed by atoms with Crippen molar-refractivity contribution in [2.75, 3.05) is 26.7 Å². The van der Waals surface area contributed by atoms with E-state index in [9.17, 15) is 0 Å². The molecule has 1 radical (unpaired) electrons. The molecule has 0 fully saturated rings. The molecule has 2 nitrogen and oxygen atoms in total. The first-order chi connectivity index (χ1) is 16.8. The number of rotatable bonds is 4. The van der Waals surface area contributed by atoms with E-state index in [1.165, 1.54) is 5.56 Å². The summed E-state index contributed by atoms with van der Waals surface area (Å²) in [5, 5.41) is 3.28. The Labute approximate surface area is 231 Å². The van der Waals surface area contributed by atoms with Crippen molar-refractivity contribution in [1.82, 2.24) is 9.55 Å². The van der Waals surface area contributed by atoms with Gasteiger partial charge < -0.3 is 4.57 Å². The van der Waals surface area contributed by atoms with Crippen LogP contribution < -0.4 is 10.6 Å². The molecule has 0 saturated carbocycles.